The molecule has 3 aromatic rings. The molecule has 0 aliphatic carbocycles. The molecule has 0 saturated carbocycles. The molecule has 1 aromatic carbocycles. The molecule has 0 radical (unpaired) electrons. The summed E-state index contributed by atoms with van der Waals surface area (Å²) in [6.45, 7) is 2.00. The molecule has 20 heavy (non-hydrogen) atoms. The summed E-state index contributed by atoms with van der Waals surface area (Å²) in [5.74, 6) is 0.653. The molecular weight excluding hydrogens is 276 g/mol. The van der Waals surface area contributed by atoms with Gasteiger partial charge in [-0.25, -0.2) is 9.97 Å². The van der Waals surface area contributed by atoms with Gasteiger partial charge < -0.3 is 5.32 Å². The third-order valence-corrected chi connectivity index (χ3v) is 3.73. The van der Waals surface area contributed by atoms with E-state index in [0.717, 1.165) is 15.1 Å². The van der Waals surface area contributed by atoms with Crippen LogP contribution in [0.1, 0.15) is 4.88 Å². The topological polar surface area (TPSA) is 81.0 Å². The number of nitro groups is 1. The molecule has 0 fully saturated rings. The maximum absolute atomic E-state index is 10.8. The molecule has 100 valence electrons. The highest BCUT2D eigenvalue weighted by molar-refractivity contribution is 7.18. The number of rotatable bonds is 3. The van der Waals surface area contributed by atoms with Crippen molar-refractivity contribution >= 4 is 38.7 Å². The lowest BCUT2D eigenvalue weighted by Crippen LogP contribution is -1.95. The number of fused-ring (bicyclic) bond motifs is 1. The van der Waals surface area contributed by atoms with E-state index in [-0.39, 0.29) is 5.69 Å². The second-order valence-electron chi connectivity index (χ2n) is 4.23. The first-order valence-corrected chi connectivity index (χ1v) is 6.68. The van der Waals surface area contributed by atoms with Crippen molar-refractivity contribution < 1.29 is 4.92 Å². The number of nitro benzene ring substituents is 1. The number of hydrogen-bond donors (Lipinski definition) is 1. The average Bonchev–Trinajstić information content (AvgIpc) is 2.80. The summed E-state index contributed by atoms with van der Waals surface area (Å²) in [5.41, 5.74) is 0.671. The zero-order chi connectivity index (χ0) is 14.1. The molecule has 6 nitrogen and oxygen atoms in total. The Morgan fingerprint density at radius 2 is 2.15 bits per heavy atom. The van der Waals surface area contributed by atoms with Gasteiger partial charge in [-0.2, -0.15) is 0 Å². The maximum atomic E-state index is 10.8. The van der Waals surface area contributed by atoms with E-state index >= 15 is 0 Å². The van der Waals surface area contributed by atoms with Gasteiger partial charge in [0.1, 0.15) is 17.0 Å². The number of aryl methyl sites for hydroxylation is 1. The third-order valence-electron chi connectivity index (χ3n) is 2.77. The van der Waals surface area contributed by atoms with Gasteiger partial charge in [-0.15, -0.1) is 11.3 Å². The predicted molar refractivity (Wildman–Crippen MR) is 78.5 cm³/mol. The minimum absolute atomic E-state index is 0.0433. The zero-order valence-electron chi connectivity index (χ0n) is 10.5. The highest BCUT2D eigenvalue weighted by Gasteiger charge is 2.09. The van der Waals surface area contributed by atoms with E-state index < -0.39 is 4.92 Å². The van der Waals surface area contributed by atoms with E-state index in [0.29, 0.717) is 11.5 Å². The summed E-state index contributed by atoms with van der Waals surface area (Å²) in [6.07, 6.45) is 1.48. The number of thiophene rings is 1. The first kappa shape index (κ1) is 12.5. The van der Waals surface area contributed by atoms with Crippen LogP contribution in [0.3, 0.4) is 0 Å². The molecule has 0 spiro atoms. The maximum Gasteiger partial charge on any atom is 0.271 e. The molecule has 0 atom stereocenters. The highest BCUT2D eigenvalue weighted by atomic mass is 32.1. The molecule has 2 heterocycles. The molecular formula is C13H10N4O2S. The lowest BCUT2D eigenvalue weighted by atomic mass is 10.2. The monoisotopic (exact) mass is 286 g/mol. The van der Waals surface area contributed by atoms with E-state index in [1.165, 1.54) is 18.5 Å². The number of nitrogens with zero attached hydrogens (tertiary/aromatic N) is 3. The first-order chi connectivity index (χ1) is 9.63. The van der Waals surface area contributed by atoms with E-state index in [2.05, 4.69) is 15.3 Å². The Bertz CT molecular complexity index is 800. The summed E-state index contributed by atoms with van der Waals surface area (Å²) in [5, 5.41) is 14.8. The predicted octanol–water partition coefficient (Wildman–Crippen LogP) is 3.65. The number of nitrogens with one attached hydrogen (secondary N) is 1. The fraction of sp³-hybridized carbons (Fsp3) is 0.0769. The lowest BCUT2D eigenvalue weighted by Gasteiger charge is -2.05. The zero-order valence-corrected chi connectivity index (χ0v) is 11.3. The normalized spacial score (nSPS) is 10.7. The minimum atomic E-state index is -0.421. The van der Waals surface area contributed by atoms with Gasteiger partial charge in [0.15, 0.2) is 0 Å². The van der Waals surface area contributed by atoms with Crippen LogP contribution in [0.4, 0.5) is 17.2 Å². The standard InChI is InChI=1S/C13H10N4O2S/c1-8-5-11-12(14-7-15-13(11)20-8)16-9-3-2-4-10(6-9)17(18)19/h2-7H,1H3,(H,14,15,16). The largest absolute Gasteiger partial charge is 0.339 e. The van der Waals surface area contributed by atoms with Gasteiger partial charge >= 0.3 is 0 Å². The van der Waals surface area contributed by atoms with Gasteiger partial charge in [-0.3, -0.25) is 10.1 Å². The summed E-state index contributed by atoms with van der Waals surface area (Å²) >= 11 is 1.59. The Morgan fingerprint density at radius 3 is 2.95 bits per heavy atom. The molecule has 0 aliphatic rings. The van der Waals surface area contributed by atoms with Crippen molar-refractivity contribution in [2.45, 2.75) is 6.92 Å². The van der Waals surface area contributed by atoms with Crippen LogP contribution in [0.25, 0.3) is 10.2 Å². The van der Waals surface area contributed by atoms with Crippen LogP contribution in [-0.4, -0.2) is 14.9 Å². The number of anilines is 2. The summed E-state index contributed by atoms with van der Waals surface area (Å²) in [4.78, 5) is 20.8. The second-order valence-corrected chi connectivity index (χ2v) is 5.47. The van der Waals surface area contributed by atoms with Gasteiger partial charge in [-0.05, 0) is 19.1 Å². The Labute approximate surface area is 118 Å². The van der Waals surface area contributed by atoms with Crippen molar-refractivity contribution in [3.05, 3.63) is 51.7 Å². The summed E-state index contributed by atoms with van der Waals surface area (Å²) in [7, 11) is 0. The third kappa shape index (κ3) is 2.30. The van der Waals surface area contributed by atoms with Crippen LogP contribution in [0, 0.1) is 17.0 Å². The van der Waals surface area contributed by atoms with Gasteiger partial charge in [0.25, 0.3) is 5.69 Å². The molecule has 2 aromatic heterocycles. The van der Waals surface area contributed by atoms with E-state index in [1.807, 2.05) is 13.0 Å². The Kier molecular flexibility index (Phi) is 3.03. The van der Waals surface area contributed by atoms with E-state index in [1.54, 1.807) is 23.5 Å². The number of benzene rings is 1. The van der Waals surface area contributed by atoms with Gasteiger partial charge in [0.2, 0.25) is 0 Å². The van der Waals surface area contributed by atoms with Crippen molar-refractivity contribution in [1.82, 2.24) is 9.97 Å². The molecule has 0 unspecified atom stereocenters. The molecule has 3 rings (SSSR count). The van der Waals surface area contributed by atoms with Crippen molar-refractivity contribution in [1.29, 1.82) is 0 Å². The fourth-order valence-corrected chi connectivity index (χ4v) is 2.76. The van der Waals surface area contributed by atoms with Crippen molar-refractivity contribution in [2.75, 3.05) is 5.32 Å². The van der Waals surface area contributed by atoms with Crippen molar-refractivity contribution in [2.24, 2.45) is 0 Å². The van der Waals surface area contributed by atoms with Crippen LogP contribution < -0.4 is 5.32 Å². The summed E-state index contributed by atoms with van der Waals surface area (Å²) < 4.78 is 0. The first-order valence-electron chi connectivity index (χ1n) is 5.86. The van der Waals surface area contributed by atoms with Gasteiger partial charge in [0.05, 0.1) is 10.3 Å². The minimum Gasteiger partial charge on any atom is -0.339 e. The second kappa shape index (κ2) is 4.86. The lowest BCUT2D eigenvalue weighted by molar-refractivity contribution is -0.384. The van der Waals surface area contributed by atoms with Crippen LogP contribution >= 0.6 is 11.3 Å². The SMILES string of the molecule is Cc1cc2c(Nc3cccc([N+](=O)[O-])c3)ncnc2s1. The van der Waals surface area contributed by atoms with Gasteiger partial charge in [0, 0.05) is 22.7 Å². The van der Waals surface area contributed by atoms with Crippen LogP contribution in [0.5, 0.6) is 0 Å². The molecule has 0 amide bonds. The fourth-order valence-electron chi connectivity index (χ4n) is 1.91. The molecule has 7 heteroatoms. The Balaban J connectivity index is 2.01. The Hall–Kier alpha value is -2.54. The van der Waals surface area contributed by atoms with E-state index in [4.69, 9.17) is 0 Å². The van der Waals surface area contributed by atoms with E-state index in [9.17, 15) is 10.1 Å². The molecule has 0 bridgehead atoms. The smallest absolute Gasteiger partial charge is 0.271 e. The summed E-state index contributed by atoms with van der Waals surface area (Å²) in [6, 6.07) is 8.33. The van der Waals surface area contributed by atoms with Crippen LogP contribution in [0.2, 0.25) is 0 Å². The van der Waals surface area contributed by atoms with Crippen molar-refractivity contribution in [3.63, 3.8) is 0 Å². The number of non-ortho nitro benzene ring substituents is 1. The highest BCUT2D eigenvalue weighted by Crippen LogP contribution is 2.29. The van der Waals surface area contributed by atoms with Gasteiger partial charge in [-0.1, -0.05) is 6.07 Å². The average molecular weight is 286 g/mol. The Morgan fingerprint density at radius 1 is 1.30 bits per heavy atom. The molecule has 0 saturated heterocycles. The quantitative estimate of drug-likeness (QED) is 0.587. The van der Waals surface area contributed by atoms with Crippen LogP contribution in [-0.2, 0) is 0 Å². The van der Waals surface area contributed by atoms with Crippen molar-refractivity contribution in [3.8, 4) is 0 Å². The number of aromatic nitrogens is 2. The number of hydrogen-bond acceptors (Lipinski definition) is 6. The molecule has 1 N–H and O–H groups in total. The molecule has 0 aliphatic heterocycles. The van der Waals surface area contributed by atoms with Crippen LogP contribution in [0.15, 0.2) is 36.7 Å².